The van der Waals surface area contributed by atoms with Crippen LogP contribution in [0.4, 0.5) is 0 Å². The predicted molar refractivity (Wildman–Crippen MR) is 125 cm³/mol. The lowest BCUT2D eigenvalue weighted by atomic mass is 9.93. The number of likely N-dealkylation sites (tertiary alicyclic amines) is 1. The number of rotatable bonds is 6. The summed E-state index contributed by atoms with van der Waals surface area (Å²) in [5, 5.41) is 8.79. The van der Waals surface area contributed by atoms with Crippen molar-refractivity contribution in [2.24, 2.45) is 5.92 Å². The fourth-order valence-corrected chi connectivity index (χ4v) is 5.18. The lowest BCUT2D eigenvalue weighted by Gasteiger charge is -2.33. The smallest absolute Gasteiger partial charge is 0.234 e. The van der Waals surface area contributed by atoms with E-state index in [1.54, 1.807) is 0 Å². The SMILES string of the molecule is CC(NC(=O)CN1CCCC(C(=O)NC2CCCCC2)C1)c1cccc2ccccc12. The summed E-state index contributed by atoms with van der Waals surface area (Å²) in [6.07, 6.45) is 7.83. The first kappa shape index (κ1) is 21.8. The third kappa shape index (κ3) is 5.65. The molecule has 2 amide bonds. The molecule has 0 radical (unpaired) electrons. The summed E-state index contributed by atoms with van der Waals surface area (Å²) in [5.41, 5.74) is 1.13. The summed E-state index contributed by atoms with van der Waals surface area (Å²) in [7, 11) is 0. The molecule has 1 aliphatic carbocycles. The molecule has 5 nitrogen and oxygen atoms in total. The van der Waals surface area contributed by atoms with E-state index in [1.165, 1.54) is 30.0 Å². The maximum absolute atomic E-state index is 12.8. The van der Waals surface area contributed by atoms with Crippen molar-refractivity contribution in [1.29, 1.82) is 0 Å². The van der Waals surface area contributed by atoms with Crippen LogP contribution < -0.4 is 10.6 Å². The Hall–Kier alpha value is -2.40. The van der Waals surface area contributed by atoms with Crippen molar-refractivity contribution in [2.75, 3.05) is 19.6 Å². The van der Waals surface area contributed by atoms with Gasteiger partial charge in [0.1, 0.15) is 0 Å². The van der Waals surface area contributed by atoms with Crippen LogP contribution in [0.3, 0.4) is 0 Å². The minimum absolute atomic E-state index is 0.000957. The van der Waals surface area contributed by atoms with Crippen molar-refractivity contribution in [2.45, 2.75) is 64.0 Å². The van der Waals surface area contributed by atoms with Crippen molar-refractivity contribution >= 4 is 22.6 Å². The summed E-state index contributed by atoms with van der Waals surface area (Å²) < 4.78 is 0. The van der Waals surface area contributed by atoms with Gasteiger partial charge in [-0.25, -0.2) is 0 Å². The van der Waals surface area contributed by atoms with Crippen LogP contribution in [0.15, 0.2) is 42.5 Å². The fourth-order valence-electron chi connectivity index (χ4n) is 5.18. The molecular weight excluding hydrogens is 386 g/mol. The molecule has 5 heteroatoms. The molecule has 2 N–H and O–H groups in total. The number of carbonyl (C=O) groups excluding carboxylic acids is 2. The average Bonchev–Trinajstić information content (AvgIpc) is 2.79. The number of benzene rings is 2. The summed E-state index contributed by atoms with van der Waals surface area (Å²) in [6.45, 7) is 3.94. The van der Waals surface area contributed by atoms with E-state index < -0.39 is 0 Å². The van der Waals surface area contributed by atoms with E-state index in [0.29, 0.717) is 19.1 Å². The lowest BCUT2D eigenvalue weighted by molar-refractivity contribution is -0.129. The van der Waals surface area contributed by atoms with Crippen LogP contribution in [0.2, 0.25) is 0 Å². The molecule has 1 heterocycles. The van der Waals surface area contributed by atoms with Crippen molar-refractivity contribution in [3.63, 3.8) is 0 Å². The predicted octanol–water partition coefficient (Wildman–Crippen LogP) is 4.18. The molecule has 2 aliphatic rings. The van der Waals surface area contributed by atoms with Gasteiger partial charge in [-0.3, -0.25) is 14.5 Å². The van der Waals surface area contributed by atoms with Crippen LogP contribution in [0.1, 0.15) is 63.5 Å². The second kappa shape index (κ2) is 10.3. The van der Waals surface area contributed by atoms with Crippen LogP contribution >= 0.6 is 0 Å². The van der Waals surface area contributed by atoms with E-state index >= 15 is 0 Å². The Morgan fingerprint density at radius 1 is 1.00 bits per heavy atom. The average molecular weight is 422 g/mol. The monoisotopic (exact) mass is 421 g/mol. The molecular formula is C26H35N3O2. The summed E-state index contributed by atoms with van der Waals surface area (Å²) in [4.78, 5) is 27.7. The van der Waals surface area contributed by atoms with Crippen LogP contribution in [-0.2, 0) is 9.59 Å². The van der Waals surface area contributed by atoms with E-state index in [9.17, 15) is 9.59 Å². The van der Waals surface area contributed by atoms with Gasteiger partial charge >= 0.3 is 0 Å². The number of nitrogens with one attached hydrogen (secondary N) is 2. The molecule has 31 heavy (non-hydrogen) atoms. The van der Waals surface area contributed by atoms with Gasteiger partial charge in [0.05, 0.1) is 18.5 Å². The third-order valence-electron chi connectivity index (χ3n) is 6.86. The Kier molecular flexibility index (Phi) is 7.23. The Labute approximate surface area is 185 Å². The highest BCUT2D eigenvalue weighted by Gasteiger charge is 2.28. The number of carbonyl (C=O) groups is 2. The Balaban J connectivity index is 1.30. The van der Waals surface area contributed by atoms with Crippen molar-refractivity contribution < 1.29 is 9.59 Å². The molecule has 0 bridgehead atoms. The molecule has 2 unspecified atom stereocenters. The third-order valence-corrected chi connectivity index (χ3v) is 6.86. The molecule has 0 spiro atoms. The molecule has 1 saturated heterocycles. The minimum Gasteiger partial charge on any atom is -0.353 e. The fraction of sp³-hybridized carbons (Fsp3) is 0.538. The number of amides is 2. The van der Waals surface area contributed by atoms with Crippen LogP contribution in [0.5, 0.6) is 0 Å². The standard InChI is InChI=1S/C26H35N3O2/c1-19(23-15-7-10-20-9-5-6-14-24(20)23)27-25(30)18-29-16-8-11-21(17-29)26(31)28-22-12-3-2-4-13-22/h5-7,9-10,14-15,19,21-22H,2-4,8,11-13,16-18H2,1H3,(H,27,30)(H,28,31). The van der Waals surface area contributed by atoms with Crippen molar-refractivity contribution in [3.05, 3.63) is 48.0 Å². The second-order valence-electron chi connectivity index (χ2n) is 9.28. The highest BCUT2D eigenvalue weighted by Crippen LogP contribution is 2.24. The van der Waals surface area contributed by atoms with Crippen molar-refractivity contribution in [1.82, 2.24) is 15.5 Å². The Morgan fingerprint density at radius 2 is 1.77 bits per heavy atom. The maximum atomic E-state index is 12.8. The largest absolute Gasteiger partial charge is 0.353 e. The molecule has 1 aliphatic heterocycles. The van der Waals surface area contributed by atoms with Gasteiger partial charge in [-0.2, -0.15) is 0 Å². The molecule has 0 aromatic heterocycles. The highest BCUT2D eigenvalue weighted by atomic mass is 16.2. The van der Waals surface area contributed by atoms with E-state index in [0.717, 1.165) is 37.8 Å². The summed E-state index contributed by atoms with van der Waals surface area (Å²) >= 11 is 0. The zero-order valence-electron chi connectivity index (χ0n) is 18.6. The second-order valence-corrected chi connectivity index (χ2v) is 9.28. The van der Waals surface area contributed by atoms with Gasteiger partial charge in [-0.05, 0) is 55.5 Å². The number of nitrogens with zero attached hydrogens (tertiary/aromatic N) is 1. The van der Waals surface area contributed by atoms with Gasteiger partial charge in [0, 0.05) is 12.6 Å². The van der Waals surface area contributed by atoms with Crippen LogP contribution in [-0.4, -0.2) is 42.4 Å². The zero-order valence-corrected chi connectivity index (χ0v) is 18.6. The van der Waals surface area contributed by atoms with Crippen LogP contribution in [0, 0.1) is 5.92 Å². The molecule has 2 aromatic carbocycles. The first-order chi connectivity index (χ1) is 15.1. The Bertz CT molecular complexity index is 901. The topological polar surface area (TPSA) is 61.4 Å². The summed E-state index contributed by atoms with van der Waals surface area (Å²) in [6, 6.07) is 14.8. The normalized spacial score (nSPS) is 21.5. The molecule has 166 valence electrons. The molecule has 2 fully saturated rings. The van der Waals surface area contributed by atoms with Crippen LogP contribution in [0.25, 0.3) is 10.8 Å². The van der Waals surface area contributed by atoms with E-state index in [-0.39, 0.29) is 23.8 Å². The van der Waals surface area contributed by atoms with E-state index in [1.807, 2.05) is 25.1 Å². The van der Waals surface area contributed by atoms with Gasteiger partial charge in [0.25, 0.3) is 0 Å². The number of fused-ring (bicyclic) bond motifs is 1. The molecule has 2 atom stereocenters. The first-order valence-corrected chi connectivity index (χ1v) is 11.9. The van der Waals surface area contributed by atoms with Gasteiger partial charge in [-0.15, -0.1) is 0 Å². The van der Waals surface area contributed by atoms with Crippen molar-refractivity contribution in [3.8, 4) is 0 Å². The molecule has 1 saturated carbocycles. The minimum atomic E-state index is -0.0613. The maximum Gasteiger partial charge on any atom is 0.234 e. The quantitative estimate of drug-likeness (QED) is 0.736. The Morgan fingerprint density at radius 3 is 2.61 bits per heavy atom. The lowest BCUT2D eigenvalue weighted by Crippen LogP contribution is -2.48. The highest BCUT2D eigenvalue weighted by molar-refractivity contribution is 5.87. The number of piperidine rings is 1. The van der Waals surface area contributed by atoms with Gasteiger partial charge < -0.3 is 10.6 Å². The van der Waals surface area contributed by atoms with Gasteiger partial charge in [-0.1, -0.05) is 61.7 Å². The molecule has 4 rings (SSSR count). The van der Waals surface area contributed by atoms with E-state index in [4.69, 9.17) is 0 Å². The first-order valence-electron chi connectivity index (χ1n) is 11.9. The van der Waals surface area contributed by atoms with Gasteiger partial charge in [0.15, 0.2) is 0 Å². The number of hydrogen-bond acceptors (Lipinski definition) is 3. The van der Waals surface area contributed by atoms with E-state index in [2.05, 4.69) is 39.8 Å². The summed E-state index contributed by atoms with van der Waals surface area (Å²) in [5.74, 6) is 0.203. The molecule has 2 aromatic rings. The number of hydrogen-bond donors (Lipinski definition) is 2. The van der Waals surface area contributed by atoms with Gasteiger partial charge in [0.2, 0.25) is 11.8 Å². The zero-order chi connectivity index (χ0) is 21.6.